The van der Waals surface area contributed by atoms with Gasteiger partial charge in [-0.25, -0.2) is 4.79 Å². The zero-order valence-electron chi connectivity index (χ0n) is 13.5. The molecule has 0 spiro atoms. The number of amides is 1. The first-order valence-corrected chi connectivity index (χ1v) is 7.60. The highest BCUT2D eigenvalue weighted by atomic mass is 16.6. The summed E-state index contributed by atoms with van der Waals surface area (Å²) in [5.41, 5.74) is 0.656. The van der Waals surface area contributed by atoms with Crippen LogP contribution in [0, 0.1) is 0 Å². The van der Waals surface area contributed by atoms with Crippen molar-refractivity contribution in [3.8, 4) is 0 Å². The summed E-state index contributed by atoms with van der Waals surface area (Å²) in [6.07, 6.45) is 0.421. The molecule has 0 radical (unpaired) electrons. The van der Waals surface area contributed by atoms with Crippen molar-refractivity contribution in [3.05, 3.63) is 35.9 Å². The zero-order chi connectivity index (χ0) is 16.2. The fourth-order valence-corrected chi connectivity index (χ4v) is 2.52. The van der Waals surface area contributed by atoms with E-state index in [0.29, 0.717) is 13.1 Å². The summed E-state index contributed by atoms with van der Waals surface area (Å²) in [7, 11) is 0. The fourth-order valence-electron chi connectivity index (χ4n) is 2.52. The number of aldehydes is 1. The van der Waals surface area contributed by atoms with Gasteiger partial charge in [0.1, 0.15) is 17.9 Å². The monoisotopic (exact) mass is 304 g/mol. The van der Waals surface area contributed by atoms with E-state index in [4.69, 9.17) is 4.74 Å². The van der Waals surface area contributed by atoms with E-state index < -0.39 is 17.7 Å². The average molecular weight is 304 g/mol. The van der Waals surface area contributed by atoms with E-state index in [2.05, 4.69) is 17.0 Å². The van der Waals surface area contributed by atoms with Crippen LogP contribution in [0.2, 0.25) is 0 Å². The van der Waals surface area contributed by atoms with Gasteiger partial charge < -0.3 is 9.53 Å². The molecule has 1 amide bonds. The number of ether oxygens (including phenoxy) is 1. The standard InChI is InChI=1S/C17H24N2O3/c1-17(2,3)22-16(21)19-10-9-18(12-15(19)13-20)11-14-7-5-4-6-8-14/h4-8,13,15H,9-12H2,1-3H3/t15-/m1/s1. The van der Waals surface area contributed by atoms with Gasteiger partial charge in [-0.05, 0) is 26.3 Å². The maximum atomic E-state index is 12.2. The second-order valence-corrected chi connectivity index (χ2v) is 6.60. The molecule has 2 rings (SSSR count). The van der Waals surface area contributed by atoms with Gasteiger partial charge in [0.25, 0.3) is 0 Å². The molecule has 0 unspecified atom stereocenters. The van der Waals surface area contributed by atoms with E-state index in [-0.39, 0.29) is 0 Å². The minimum atomic E-state index is -0.550. The van der Waals surface area contributed by atoms with Gasteiger partial charge in [-0.1, -0.05) is 30.3 Å². The van der Waals surface area contributed by atoms with Crippen LogP contribution in [-0.4, -0.2) is 53.5 Å². The van der Waals surface area contributed by atoms with Crippen LogP contribution in [-0.2, 0) is 16.1 Å². The first kappa shape index (κ1) is 16.5. The molecule has 1 atom stereocenters. The summed E-state index contributed by atoms with van der Waals surface area (Å²) in [5.74, 6) is 0. The summed E-state index contributed by atoms with van der Waals surface area (Å²) in [6.45, 7) is 8.04. The quantitative estimate of drug-likeness (QED) is 0.804. The van der Waals surface area contributed by atoms with Crippen molar-refractivity contribution < 1.29 is 14.3 Å². The first-order valence-electron chi connectivity index (χ1n) is 7.60. The molecule has 0 N–H and O–H groups in total. The third-order valence-electron chi connectivity index (χ3n) is 3.54. The first-order chi connectivity index (χ1) is 10.4. The highest BCUT2D eigenvalue weighted by Crippen LogP contribution is 2.16. The Hall–Kier alpha value is -1.88. The lowest BCUT2D eigenvalue weighted by Gasteiger charge is -2.39. The largest absolute Gasteiger partial charge is 0.444 e. The maximum absolute atomic E-state index is 12.2. The lowest BCUT2D eigenvalue weighted by Crippen LogP contribution is -2.56. The molecule has 0 aliphatic carbocycles. The Balaban J connectivity index is 1.96. The molecule has 1 heterocycles. The van der Waals surface area contributed by atoms with Gasteiger partial charge in [-0.3, -0.25) is 9.80 Å². The zero-order valence-corrected chi connectivity index (χ0v) is 13.5. The van der Waals surface area contributed by atoms with Gasteiger partial charge in [0.05, 0.1) is 0 Å². The van der Waals surface area contributed by atoms with Crippen LogP contribution in [0.4, 0.5) is 4.79 Å². The number of hydrogen-bond donors (Lipinski definition) is 0. The molecule has 1 aliphatic heterocycles. The van der Waals surface area contributed by atoms with Crippen LogP contribution in [0.25, 0.3) is 0 Å². The van der Waals surface area contributed by atoms with Gasteiger partial charge in [-0.2, -0.15) is 0 Å². The van der Waals surface area contributed by atoms with Gasteiger partial charge in [0.2, 0.25) is 0 Å². The molecule has 22 heavy (non-hydrogen) atoms. The molecule has 120 valence electrons. The Bertz CT molecular complexity index is 510. The van der Waals surface area contributed by atoms with Crippen LogP contribution >= 0.6 is 0 Å². The summed E-state index contributed by atoms with van der Waals surface area (Å²) in [6, 6.07) is 9.67. The van der Waals surface area contributed by atoms with E-state index in [1.54, 1.807) is 0 Å². The fraction of sp³-hybridized carbons (Fsp3) is 0.529. The smallest absolute Gasteiger partial charge is 0.410 e. The Morgan fingerprint density at radius 3 is 2.55 bits per heavy atom. The summed E-state index contributed by atoms with van der Waals surface area (Å²) >= 11 is 0. The van der Waals surface area contributed by atoms with Crippen LogP contribution in [0.1, 0.15) is 26.3 Å². The van der Waals surface area contributed by atoms with Crippen molar-refractivity contribution in [1.29, 1.82) is 0 Å². The molecule has 1 aromatic rings. The summed E-state index contributed by atoms with van der Waals surface area (Å²) in [5, 5.41) is 0. The molecule has 1 aromatic carbocycles. The highest BCUT2D eigenvalue weighted by molar-refractivity contribution is 5.74. The van der Waals surface area contributed by atoms with Crippen LogP contribution < -0.4 is 0 Å². The molecular formula is C17H24N2O3. The van der Waals surface area contributed by atoms with E-state index in [1.165, 1.54) is 10.5 Å². The molecule has 1 aliphatic rings. The van der Waals surface area contributed by atoms with Crippen molar-refractivity contribution >= 4 is 12.4 Å². The normalized spacial score (nSPS) is 19.8. The Labute approximate surface area is 131 Å². The van der Waals surface area contributed by atoms with Crippen LogP contribution in [0.5, 0.6) is 0 Å². The topological polar surface area (TPSA) is 49.9 Å². The molecule has 1 saturated heterocycles. The lowest BCUT2D eigenvalue weighted by molar-refractivity contribution is -0.114. The summed E-state index contributed by atoms with van der Waals surface area (Å²) < 4.78 is 5.37. The van der Waals surface area contributed by atoms with E-state index >= 15 is 0 Å². The van der Waals surface area contributed by atoms with E-state index in [0.717, 1.165) is 19.4 Å². The summed E-state index contributed by atoms with van der Waals surface area (Å²) in [4.78, 5) is 27.3. The van der Waals surface area contributed by atoms with Gasteiger partial charge in [-0.15, -0.1) is 0 Å². The number of rotatable bonds is 3. The molecule has 1 fully saturated rings. The van der Waals surface area contributed by atoms with Gasteiger partial charge >= 0.3 is 6.09 Å². The number of carbonyl (C=O) groups excluding carboxylic acids is 2. The second-order valence-electron chi connectivity index (χ2n) is 6.60. The van der Waals surface area contributed by atoms with Crippen molar-refractivity contribution in [2.45, 2.75) is 39.0 Å². The third kappa shape index (κ3) is 4.56. The molecule has 5 heteroatoms. The average Bonchev–Trinajstić information content (AvgIpc) is 2.46. The van der Waals surface area contributed by atoms with Gasteiger partial charge in [0, 0.05) is 26.2 Å². The molecule has 5 nitrogen and oxygen atoms in total. The Kier molecular flexibility index (Phi) is 5.19. The van der Waals surface area contributed by atoms with E-state index in [9.17, 15) is 9.59 Å². The number of nitrogens with zero attached hydrogens (tertiary/aromatic N) is 2. The van der Waals surface area contributed by atoms with Crippen molar-refractivity contribution in [2.24, 2.45) is 0 Å². The van der Waals surface area contributed by atoms with Crippen LogP contribution in [0.15, 0.2) is 30.3 Å². The molecular weight excluding hydrogens is 280 g/mol. The number of benzene rings is 1. The molecule has 0 bridgehead atoms. The molecule has 0 aromatic heterocycles. The lowest BCUT2D eigenvalue weighted by atomic mass is 10.1. The maximum Gasteiger partial charge on any atom is 0.410 e. The third-order valence-corrected chi connectivity index (χ3v) is 3.54. The Morgan fingerprint density at radius 2 is 1.95 bits per heavy atom. The predicted molar refractivity (Wildman–Crippen MR) is 84.5 cm³/mol. The van der Waals surface area contributed by atoms with Gasteiger partial charge in [0.15, 0.2) is 0 Å². The SMILES string of the molecule is CC(C)(C)OC(=O)N1CCN(Cc2ccccc2)C[C@@H]1C=O. The molecule has 0 saturated carbocycles. The predicted octanol–water partition coefficient (Wildman–Crippen LogP) is 2.31. The van der Waals surface area contributed by atoms with Crippen LogP contribution in [0.3, 0.4) is 0 Å². The highest BCUT2D eigenvalue weighted by Gasteiger charge is 2.33. The minimum Gasteiger partial charge on any atom is -0.444 e. The van der Waals surface area contributed by atoms with Crippen molar-refractivity contribution in [3.63, 3.8) is 0 Å². The second kappa shape index (κ2) is 6.92. The Morgan fingerprint density at radius 1 is 1.27 bits per heavy atom. The minimum absolute atomic E-state index is 0.413. The number of hydrogen-bond acceptors (Lipinski definition) is 4. The van der Waals surface area contributed by atoms with E-state index in [1.807, 2.05) is 39.0 Å². The number of piperazine rings is 1. The number of carbonyl (C=O) groups is 2. The van der Waals surface area contributed by atoms with Crippen molar-refractivity contribution in [1.82, 2.24) is 9.80 Å². The van der Waals surface area contributed by atoms with Crippen molar-refractivity contribution in [2.75, 3.05) is 19.6 Å².